The third kappa shape index (κ3) is 3.67. The van der Waals surface area contributed by atoms with Gasteiger partial charge in [0, 0.05) is 6.54 Å². The van der Waals surface area contributed by atoms with Gasteiger partial charge < -0.3 is 20.8 Å². The van der Waals surface area contributed by atoms with Gasteiger partial charge in [0.05, 0.1) is 12.1 Å². The number of phenols is 1. The van der Waals surface area contributed by atoms with Crippen LogP contribution in [0.25, 0.3) is 0 Å². The lowest BCUT2D eigenvalue weighted by Gasteiger charge is -2.26. The zero-order valence-corrected chi connectivity index (χ0v) is 12.8. The van der Waals surface area contributed by atoms with Crippen molar-refractivity contribution < 1.29 is 15.0 Å². The van der Waals surface area contributed by atoms with Gasteiger partial charge in [-0.05, 0) is 35.4 Å². The van der Waals surface area contributed by atoms with Crippen LogP contribution in [-0.2, 0) is 6.42 Å². The third-order valence-electron chi connectivity index (χ3n) is 4.01. The molecule has 2 unspecified atom stereocenters. The van der Waals surface area contributed by atoms with E-state index in [0.717, 1.165) is 24.0 Å². The molecule has 1 aliphatic rings. The predicted molar refractivity (Wildman–Crippen MR) is 81.2 cm³/mol. The number of urea groups is 1. The molecular formula is C16H24N2O3. The number of aromatic hydroxyl groups is 1. The summed E-state index contributed by atoms with van der Waals surface area (Å²) in [6, 6.07) is 5.01. The van der Waals surface area contributed by atoms with E-state index in [1.165, 1.54) is 0 Å². The molecule has 5 heteroatoms. The number of nitrogens with one attached hydrogen (secondary N) is 2. The number of rotatable bonds is 3. The molecule has 0 saturated carbocycles. The van der Waals surface area contributed by atoms with Crippen LogP contribution in [0.2, 0.25) is 0 Å². The molecule has 0 bridgehead atoms. The minimum absolute atomic E-state index is 0.0844. The van der Waals surface area contributed by atoms with E-state index < -0.39 is 6.10 Å². The van der Waals surface area contributed by atoms with Crippen LogP contribution in [0, 0.1) is 5.41 Å². The fourth-order valence-corrected chi connectivity index (χ4v) is 2.49. The molecule has 0 aliphatic heterocycles. The maximum atomic E-state index is 11.9. The van der Waals surface area contributed by atoms with E-state index in [9.17, 15) is 15.0 Å². The second-order valence-electron chi connectivity index (χ2n) is 6.67. The van der Waals surface area contributed by atoms with Gasteiger partial charge in [0.25, 0.3) is 0 Å². The first kappa shape index (κ1) is 15.6. The van der Waals surface area contributed by atoms with Gasteiger partial charge in [0.15, 0.2) is 0 Å². The summed E-state index contributed by atoms with van der Waals surface area (Å²) in [6.45, 7) is 5.99. The Hall–Kier alpha value is -1.75. The summed E-state index contributed by atoms with van der Waals surface area (Å²) in [5, 5.41) is 25.3. The van der Waals surface area contributed by atoms with Crippen molar-refractivity contribution >= 4 is 6.03 Å². The normalized spacial score (nSPS) is 19.0. The number of hydrogen-bond donors (Lipinski definition) is 4. The minimum Gasteiger partial charge on any atom is -0.508 e. The van der Waals surface area contributed by atoms with Crippen LogP contribution in [0.5, 0.6) is 5.75 Å². The number of fused-ring (bicyclic) bond motifs is 1. The zero-order chi connectivity index (χ0) is 15.6. The number of amides is 2. The average molecular weight is 292 g/mol. The molecule has 5 nitrogen and oxygen atoms in total. The second-order valence-corrected chi connectivity index (χ2v) is 6.67. The molecule has 4 N–H and O–H groups in total. The van der Waals surface area contributed by atoms with Crippen molar-refractivity contribution in [1.82, 2.24) is 10.6 Å². The van der Waals surface area contributed by atoms with E-state index in [4.69, 9.17) is 0 Å². The van der Waals surface area contributed by atoms with Crippen LogP contribution >= 0.6 is 0 Å². The molecule has 2 amide bonds. The topological polar surface area (TPSA) is 81.6 Å². The summed E-state index contributed by atoms with van der Waals surface area (Å²) in [7, 11) is 0. The Morgan fingerprint density at radius 2 is 2.14 bits per heavy atom. The van der Waals surface area contributed by atoms with Crippen LogP contribution in [0.3, 0.4) is 0 Å². The Morgan fingerprint density at radius 1 is 1.43 bits per heavy atom. The van der Waals surface area contributed by atoms with Gasteiger partial charge in [-0.1, -0.05) is 32.9 Å². The number of benzene rings is 1. The molecule has 2 atom stereocenters. The minimum atomic E-state index is -0.594. The molecular weight excluding hydrogens is 268 g/mol. The van der Waals surface area contributed by atoms with Crippen LogP contribution in [0.15, 0.2) is 18.2 Å². The van der Waals surface area contributed by atoms with Crippen LogP contribution in [-0.4, -0.2) is 28.9 Å². The van der Waals surface area contributed by atoms with Crippen molar-refractivity contribution in [1.29, 1.82) is 0 Å². The van der Waals surface area contributed by atoms with Gasteiger partial charge in [0.1, 0.15) is 5.75 Å². The standard InChI is InChI=1S/C16H24N2O3/c1-16(2,3)14(20)9-17-15(21)18-12-8-7-11-10(12)5-4-6-13(11)19/h4-6,12,14,19-20H,7-9H2,1-3H3,(H2,17,18,21). The first-order valence-corrected chi connectivity index (χ1v) is 7.32. The van der Waals surface area contributed by atoms with Crippen molar-refractivity contribution in [3.05, 3.63) is 29.3 Å². The summed E-state index contributed by atoms with van der Waals surface area (Å²) in [5.74, 6) is 0.292. The van der Waals surface area contributed by atoms with E-state index in [1.807, 2.05) is 26.8 Å². The largest absolute Gasteiger partial charge is 0.508 e. The lowest BCUT2D eigenvalue weighted by Crippen LogP contribution is -2.44. The summed E-state index contributed by atoms with van der Waals surface area (Å²) in [6.07, 6.45) is 0.947. The lowest BCUT2D eigenvalue weighted by atomic mass is 9.89. The molecule has 0 saturated heterocycles. The van der Waals surface area contributed by atoms with Gasteiger partial charge in [0.2, 0.25) is 0 Å². The molecule has 116 valence electrons. The van der Waals surface area contributed by atoms with Gasteiger partial charge in [-0.15, -0.1) is 0 Å². The van der Waals surface area contributed by atoms with Crippen molar-refractivity contribution in [2.45, 2.75) is 45.8 Å². The Balaban J connectivity index is 1.90. The molecule has 1 aliphatic carbocycles. The molecule has 2 rings (SSSR count). The first-order chi connectivity index (χ1) is 9.79. The molecule has 0 radical (unpaired) electrons. The summed E-state index contributed by atoms with van der Waals surface area (Å²) >= 11 is 0. The van der Waals surface area contributed by atoms with Gasteiger partial charge >= 0.3 is 6.03 Å². The fourth-order valence-electron chi connectivity index (χ4n) is 2.49. The van der Waals surface area contributed by atoms with Crippen LogP contribution in [0.4, 0.5) is 4.79 Å². The van der Waals surface area contributed by atoms with E-state index in [1.54, 1.807) is 12.1 Å². The predicted octanol–water partition coefficient (Wildman–Crippen LogP) is 2.09. The highest BCUT2D eigenvalue weighted by Gasteiger charge is 2.27. The second kappa shape index (κ2) is 5.93. The molecule has 1 aromatic rings. The van der Waals surface area contributed by atoms with Crippen molar-refractivity contribution in [3.63, 3.8) is 0 Å². The van der Waals surface area contributed by atoms with Gasteiger partial charge in [-0.25, -0.2) is 4.79 Å². The molecule has 0 fully saturated rings. The Kier molecular flexibility index (Phi) is 4.42. The number of carbonyl (C=O) groups is 1. The molecule has 0 heterocycles. The highest BCUT2D eigenvalue weighted by molar-refractivity contribution is 5.74. The van der Waals surface area contributed by atoms with Crippen LogP contribution < -0.4 is 10.6 Å². The highest BCUT2D eigenvalue weighted by Crippen LogP contribution is 2.36. The van der Waals surface area contributed by atoms with E-state index in [0.29, 0.717) is 5.75 Å². The lowest BCUT2D eigenvalue weighted by molar-refractivity contribution is 0.0649. The summed E-state index contributed by atoms with van der Waals surface area (Å²) in [5.41, 5.74) is 1.62. The maximum absolute atomic E-state index is 11.9. The van der Waals surface area contributed by atoms with Gasteiger partial charge in [-0.3, -0.25) is 0 Å². The van der Waals surface area contributed by atoms with Crippen molar-refractivity contribution in [3.8, 4) is 5.75 Å². The molecule has 21 heavy (non-hydrogen) atoms. The highest BCUT2D eigenvalue weighted by atomic mass is 16.3. The number of carbonyl (C=O) groups excluding carboxylic acids is 1. The zero-order valence-electron chi connectivity index (χ0n) is 12.8. The van der Waals surface area contributed by atoms with E-state index in [-0.39, 0.29) is 24.0 Å². The Bertz CT molecular complexity index is 523. The van der Waals surface area contributed by atoms with E-state index in [2.05, 4.69) is 10.6 Å². The van der Waals surface area contributed by atoms with Crippen LogP contribution in [0.1, 0.15) is 44.4 Å². The maximum Gasteiger partial charge on any atom is 0.315 e. The molecule has 1 aromatic carbocycles. The monoisotopic (exact) mass is 292 g/mol. The Morgan fingerprint density at radius 3 is 2.81 bits per heavy atom. The first-order valence-electron chi connectivity index (χ1n) is 7.32. The molecule has 0 aromatic heterocycles. The summed E-state index contributed by atoms with van der Waals surface area (Å²) in [4.78, 5) is 11.9. The fraction of sp³-hybridized carbons (Fsp3) is 0.562. The SMILES string of the molecule is CC(C)(C)C(O)CNC(=O)NC1CCc2c(O)cccc21. The van der Waals surface area contributed by atoms with Crippen molar-refractivity contribution in [2.75, 3.05) is 6.54 Å². The number of aliphatic hydroxyl groups is 1. The third-order valence-corrected chi connectivity index (χ3v) is 4.01. The summed E-state index contributed by atoms with van der Waals surface area (Å²) < 4.78 is 0. The molecule has 0 spiro atoms. The van der Waals surface area contributed by atoms with E-state index >= 15 is 0 Å². The number of phenolic OH excluding ortho intramolecular Hbond substituents is 1. The average Bonchev–Trinajstić information content (AvgIpc) is 2.79. The Labute approximate surface area is 125 Å². The number of aliphatic hydroxyl groups excluding tert-OH is 1. The quantitative estimate of drug-likeness (QED) is 0.688. The smallest absolute Gasteiger partial charge is 0.315 e. The van der Waals surface area contributed by atoms with Crippen molar-refractivity contribution in [2.24, 2.45) is 5.41 Å². The number of hydrogen-bond acceptors (Lipinski definition) is 3. The van der Waals surface area contributed by atoms with Gasteiger partial charge in [-0.2, -0.15) is 0 Å².